The Morgan fingerprint density at radius 1 is 1.18 bits per heavy atom. The molecule has 0 atom stereocenters. The fourth-order valence-electron chi connectivity index (χ4n) is 5.66. The molecule has 1 N–H and O–H groups in total. The fraction of sp³-hybridized carbons (Fsp3) is 0.357. The smallest absolute Gasteiger partial charge is 0.339 e. The van der Waals surface area contributed by atoms with Gasteiger partial charge < -0.3 is 19.5 Å². The van der Waals surface area contributed by atoms with Crippen molar-refractivity contribution in [1.82, 2.24) is 9.97 Å². The molecule has 1 aliphatic carbocycles. The van der Waals surface area contributed by atoms with Crippen LogP contribution in [0.4, 0.5) is 10.2 Å². The zero-order chi connectivity index (χ0) is 26.9. The number of hydrogen-bond acceptors (Lipinski definition) is 7. The van der Waals surface area contributed by atoms with E-state index >= 15 is 0 Å². The lowest BCUT2D eigenvalue weighted by molar-refractivity contribution is -0.0347. The van der Waals surface area contributed by atoms with Gasteiger partial charge in [-0.15, -0.1) is 0 Å². The first kappa shape index (κ1) is 25.5. The first-order valence-electron chi connectivity index (χ1n) is 12.9. The maximum Gasteiger partial charge on any atom is 0.339 e. The van der Waals surface area contributed by atoms with Crippen LogP contribution in [0.2, 0.25) is 0 Å². The predicted molar refractivity (Wildman–Crippen MR) is 140 cm³/mol. The topological polar surface area (TPSA) is 109 Å². The van der Waals surface area contributed by atoms with Crippen molar-refractivity contribution in [1.29, 1.82) is 5.26 Å². The number of hydrogen-bond donors (Lipinski definition) is 1. The van der Waals surface area contributed by atoms with Crippen molar-refractivity contribution >= 4 is 18.5 Å². The van der Waals surface area contributed by atoms with Gasteiger partial charge in [-0.1, -0.05) is 26.0 Å². The summed E-state index contributed by atoms with van der Waals surface area (Å²) in [5.41, 5.74) is 2.26. The number of carbonyl (C=O) groups is 1. The third kappa shape index (κ3) is 4.76. The Bertz CT molecular complexity index is 1400. The molecule has 3 aromatic rings. The predicted octanol–water partition coefficient (Wildman–Crippen LogP) is 4.91. The lowest BCUT2D eigenvalue weighted by Crippen LogP contribution is -2.65. The molecule has 38 heavy (non-hydrogen) atoms. The number of nitrogens with zero attached hydrogens (tertiary/aromatic N) is 4. The van der Waals surface area contributed by atoms with E-state index in [9.17, 15) is 19.6 Å². The highest BCUT2D eigenvalue weighted by Crippen LogP contribution is 2.52. The van der Waals surface area contributed by atoms with E-state index in [2.05, 4.69) is 26.9 Å². The van der Waals surface area contributed by atoms with E-state index in [0.717, 1.165) is 56.5 Å². The normalized spacial score (nSPS) is 16.9. The summed E-state index contributed by atoms with van der Waals surface area (Å²) in [4.78, 5) is 22.0. The number of aromatic carboxylic acids is 1. The van der Waals surface area contributed by atoms with Crippen molar-refractivity contribution in [3.8, 4) is 23.2 Å². The van der Waals surface area contributed by atoms with Crippen LogP contribution in [-0.4, -0.2) is 47.0 Å². The van der Waals surface area contributed by atoms with Gasteiger partial charge in [0, 0.05) is 24.5 Å². The Morgan fingerprint density at radius 2 is 1.97 bits per heavy atom. The van der Waals surface area contributed by atoms with Crippen LogP contribution in [0.3, 0.4) is 0 Å². The molecule has 3 aliphatic rings. The van der Waals surface area contributed by atoms with Crippen LogP contribution in [0, 0.1) is 22.5 Å². The molecule has 0 bridgehead atoms. The van der Waals surface area contributed by atoms with Gasteiger partial charge in [0.15, 0.2) is 11.6 Å². The molecule has 1 spiro atoms. The van der Waals surface area contributed by atoms with Crippen molar-refractivity contribution < 1.29 is 23.8 Å². The lowest BCUT2D eigenvalue weighted by Gasteiger charge is -2.59. The summed E-state index contributed by atoms with van der Waals surface area (Å²) in [7, 11) is 0. The van der Waals surface area contributed by atoms with Gasteiger partial charge in [-0.25, -0.2) is 24.4 Å². The number of carboxylic acid groups (broad SMARTS) is 1. The highest BCUT2D eigenvalue weighted by molar-refractivity contribution is 6.67. The molecule has 194 valence electrons. The van der Waals surface area contributed by atoms with E-state index in [0.29, 0.717) is 11.6 Å². The van der Waals surface area contributed by atoms with E-state index in [1.807, 2.05) is 26.0 Å². The first-order chi connectivity index (χ1) is 18.4. The van der Waals surface area contributed by atoms with E-state index in [1.165, 1.54) is 29.7 Å². The van der Waals surface area contributed by atoms with Crippen LogP contribution in [0.25, 0.3) is 0 Å². The molecule has 10 heteroatoms. The zero-order valence-corrected chi connectivity index (χ0v) is 21.4. The highest BCUT2D eigenvalue weighted by Gasteiger charge is 2.54. The average molecular weight is 514 g/mol. The van der Waals surface area contributed by atoms with Gasteiger partial charge >= 0.3 is 5.97 Å². The molecule has 1 saturated heterocycles. The van der Waals surface area contributed by atoms with Crippen LogP contribution in [0.5, 0.6) is 17.2 Å². The molecule has 0 radical (unpaired) electrons. The summed E-state index contributed by atoms with van der Waals surface area (Å²) in [6.45, 7) is 5.58. The molecule has 2 aliphatic heterocycles. The first-order valence-corrected chi connectivity index (χ1v) is 12.9. The van der Waals surface area contributed by atoms with Crippen molar-refractivity contribution in [3.05, 3.63) is 71.4 Å². The molecule has 6 rings (SSSR count). The molecular formula is C28H28BFN4O4. The number of rotatable bonds is 6. The summed E-state index contributed by atoms with van der Waals surface area (Å²) in [6.07, 6.45) is 6.45. The summed E-state index contributed by atoms with van der Waals surface area (Å²) >= 11 is 0. The fourth-order valence-corrected chi connectivity index (χ4v) is 5.66. The van der Waals surface area contributed by atoms with Gasteiger partial charge in [-0.05, 0) is 60.9 Å². The summed E-state index contributed by atoms with van der Waals surface area (Å²) < 4.78 is 25.7. The number of benzene rings is 2. The number of fused-ring (bicyclic) bond motifs is 1. The largest absolute Gasteiger partial charge is 0.490 e. The van der Waals surface area contributed by atoms with Crippen LogP contribution >= 0.6 is 0 Å². The van der Waals surface area contributed by atoms with Crippen LogP contribution in [0.1, 0.15) is 48.2 Å². The van der Waals surface area contributed by atoms with Crippen molar-refractivity contribution in [3.63, 3.8) is 0 Å². The van der Waals surface area contributed by atoms with Gasteiger partial charge in [0.05, 0.1) is 6.20 Å². The minimum atomic E-state index is -1.28. The number of anilines is 1. The lowest BCUT2D eigenvalue weighted by atomic mass is 9.49. The minimum absolute atomic E-state index is 0.0290. The number of nitriles is 1. The number of aromatic nitrogens is 2. The van der Waals surface area contributed by atoms with E-state index in [1.54, 1.807) is 0 Å². The maximum absolute atomic E-state index is 13.5. The molecule has 3 heterocycles. The van der Waals surface area contributed by atoms with Gasteiger partial charge in [0.2, 0.25) is 0 Å². The Hall–Kier alpha value is -4.13. The number of carboxylic acids is 1. The molecule has 8 nitrogen and oxygen atoms in total. The quantitative estimate of drug-likeness (QED) is 0.462. The summed E-state index contributed by atoms with van der Waals surface area (Å²) in [5.74, 6) is 2.27. The molecule has 1 saturated carbocycles. The SMILES string of the molecule is CC.N#CB1Cc2cccc(OC3CC4(C3)CN(c3ncncc3Oc3ccc(F)cc3C(=O)O)C4)c2C1. The maximum atomic E-state index is 13.5. The van der Waals surface area contributed by atoms with Crippen LogP contribution < -0.4 is 14.4 Å². The van der Waals surface area contributed by atoms with Crippen molar-refractivity contribution in [2.45, 2.75) is 45.4 Å². The Kier molecular flexibility index (Phi) is 6.93. The number of ether oxygens (including phenoxy) is 2. The highest BCUT2D eigenvalue weighted by atomic mass is 19.1. The second kappa shape index (κ2) is 10.3. The second-order valence-electron chi connectivity index (χ2n) is 9.89. The van der Waals surface area contributed by atoms with Crippen LogP contribution in [-0.2, 0) is 12.6 Å². The minimum Gasteiger partial charge on any atom is -0.490 e. The number of halogens is 1. The van der Waals surface area contributed by atoms with Crippen molar-refractivity contribution in [2.24, 2.45) is 5.41 Å². The standard InChI is InChI=1S/C26H22BFN4O4.C2H6/c28-17-4-5-22(19(6-17)25(33)34)36-23-11-30-15-31-24(23)32-12-26(13-32)7-18(8-26)35-21-3-1-2-16-9-27(14-29)10-20(16)21;1-2/h1-6,11,15,18H,7-10,12-13H2,(H,33,34);1-2H3. The van der Waals surface area contributed by atoms with Crippen LogP contribution in [0.15, 0.2) is 48.9 Å². The third-order valence-corrected chi connectivity index (χ3v) is 7.35. The second-order valence-corrected chi connectivity index (χ2v) is 9.89. The van der Waals surface area contributed by atoms with Gasteiger partial charge in [0.25, 0.3) is 6.71 Å². The van der Waals surface area contributed by atoms with E-state index in [4.69, 9.17) is 9.47 Å². The Morgan fingerprint density at radius 3 is 2.71 bits per heavy atom. The monoisotopic (exact) mass is 514 g/mol. The zero-order valence-electron chi connectivity index (χ0n) is 21.4. The van der Waals surface area contributed by atoms with Gasteiger partial charge in [0.1, 0.15) is 35.3 Å². The molecule has 2 aromatic carbocycles. The molecular weight excluding hydrogens is 486 g/mol. The average Bonchev–Trinajstić information content (AvgIpc) is 3.32. The Labute approximate surface area is 221 Å². The summed E-state index contributed by atoms with van der Waals surface area (Å²) in [5, 5.41) is 18.7. The molecule has 0 amide bonds. The van der Waals surface area contributed by atoms with E-state index < -0.39 is 11.8 Å². The van der Waals surface area contributed by atoms with E-state index in [-0.39, 0.29) is 29.5 Å². The molecule has 0 unspecified atom stereocenters. The van der Waals surface area contributed by atoms with Gasteiger partial charge in [-0.2, -0.15) is 0 Å². The third-order valence-electron chi connectivity index (χ3n) is 7.35. The Balaban J connectivity index is 0.00000144. The van der Waals surface area contributed by atoms with Crippen molar-refractivity contribution in [2.75, 3.05) is 18.0 Å². The molecule has 2 fully saturated rings. The van der Waals surface area contributed by atoms with Gasteiger partial charge in [-0.3, -0.25) is 0 Å². The summed E-state index contributed by atoms with van der Waals surface area (Å²) in [6, 6.07) is 9.46. The molecule has 1 aromatic heterocycles.